The van der Waals surface area contributed by atoms with Gasteiger partial charge in [0.1, 0.15) is 12.1 Å². The molecule has 2 N–H and O–H groups in total. The zero-order valence-corrected chi connectivity index (χ0v) is 9.55. The Bertz CT molecular complexity index is 368. The fourth-order valence-corrected chi connectivity index (χ4v) is 1.41. The van der Waals surface area contributed by atoms with Gasteiger partial charge in [0.25, 0.3) is 0 Å². The molecule has 0 aromatic heterocycles. The molecule has 1 saturated heterocycles. The molecule has 1 aliphatic heterocycles. The largest absolute Gasteiger partial charge is 0.343 e. The van der Waals surface area contributed by atoms with E-state index < -0.39 is 36.2 Å². The molecule has 0 saturated carbocycles. The van der Waals surface area contributed by atoms with Crippen LogP contribution in [0.3, 0.4) is 0 Å². The predicted molar refractivity (Wildman–Crippen MR) is 58.2 cm³/mol. The van der Waals surface area contributed by atoms with Crippen LogP contribution in [0.4, 0.5) is 0 Å². The van der Waals surface area contributed by atoms with Crippen molar-refractivity contribution in [2.75, 3.05) is 0 Å². The summed E-state index contributed by atoms with van der Waals surface area (Å²) in [6.07, 6.45) is -1.37. The smallest absolute Gasteiger partial charge is 0.243 e. The minimum atomic E-state index is -2.10. The van der Waals surface area contributed by atoms with Gasteiger partial charge in [0.05, 0.1) is 1.37 Å². The van der Waals surface area contributed by atoms with Gasteiger partial charge in [0.15, 0.2) is 0 Å². The van der Waals surface area contributed by atoms with E-state index in [9.17, 15) is 9.59 Å². The normalized spacial score (nSPS) is 37.4. The van der Waals surface area contributed by atoms with Crippen LogP contribution in [-0.4, -0.2) is 23.9 Å². The fraction of sp³-hybridized carbons (Fsp3) is 0.818. The van der Waals surface area contributed by atoms with E-state index in [0.717, 1.165) is 0 Å². The fourth-order valence-electron chi connectivity index (χ4n) is 1.41. The average molecular weight is 215 g/mol. The van der Waals surface area contributed by atoms with Crippen molar-refractivity contribution in [3.8, 4) is 0 Å². The van der Waals surface area contributed by atoms with Crippen LogP contribution >= 0.6 is 0 Å². The van der Waals surface area contributed by atoms with E-state index in [1.54, 1.807) is 13.8 Å². The van der Waals surface area contributed by atoms with E-state index >= 15 is 0 Å². The molecular weight excluding hydrogens is 192 g/mol. The van der Waals surface area contributed by atoms with Crippen LogP contribution in [0.2, 0.25) is 0 Å². The lowest BCUT2D eigenvalue weighted by atomic mass is 9.96. The van der Waals surface area contributed by atoms with Gasteiger partial charge < -0.3 is 10.6 Å². The third kappa shape index (κ3) is 2.94. The summed E-state index contributed by atoms with van der Waals surface area (Å²) >= 11 is 0. The molecule has 2 amide bonds. The van der Waals surface area contributed by atoms with E-state index in [1.807, 2.05) is 0 Å². The summed E-state index contributed by atoms with van der Waals surface area (Å²) in [5.41, 5.74) is 0. The molecule has 0 spiro atoms. The lowest BCUT2D eigenvalue weighted by molar-refractivity contribution is -0.138. The predicted octanol–water partition coefficient (Wildman–Crippen LogP) is 0.672. The lowest BCUT2D eigenvalue weighted by Gasteiger charge is -2.32. The molecule has 0 aromatic rings. The molecule has 4 heteroatoms. The molecule has 1 rings (SSSR count). The quantitative estimate of drug-likeness (QED) is 0.727. The number of carbonyl (C=O) groups excluding carboxylic acids is 2. The van der Waals surface area contributed by atoms with Gasteiger partial charge in [-0.1, -0.05) is 27.7 Å². The first kappa shape index (κ1) is 8.13. The van der Waals surface area contributed by atoms with Crippen molar-refractivity contribution in [3.63, 3.8) is 0 Å². The molecule has 0 aromatic carbocycles. The first-order valence-electron chi connectivity index (χ1n) is 6.63. The number of nitrogens with one attached hydrogen (secondary N) is 2. The van der Waals surface area contributed by atoms with Crippen molar-refractivity contribution in [2.45, 2.75) is 46.2 Å². The van der Waals surface area contributed by atoms with E-state index in [4.69, 9.17) is 4.11 Å². The van der Waals surface area contributed by atoms with E-state index in [2.05, 4.69) is 10.6 Å². The van der Waals surface area contributed by atoms with Gasteiger partial charge in [0.2, 0.25) is 11.8 Å². The van der Waals surface area contributed by atoms with Crippen LogP contribution in [0.5, 0.6) is 0 Å². The van der Waals surface area contributed by atoms with Gasteiger partial charge >= 0.3 is 0 Å². The first-order chi connectivity index (χ1) is 8.00. The second-order valence-electron chi connectivity index (χ2n) is 4.32. The van der Waals surface area contributed by atoms with Crippen LogP contribution in [0.15, 0.2) is 0 Å². The molecule has 0 aliphatic carbocycles. The Kier molecular flexibility index (Phi) is 2.52. The summed E-state index contributed by atoms with van der Waals surface area (Å²) in [5.74, 6) is -2.61. The maximum absolute atomic E-state index is 11.9. The highest BCUT2D eigenvalue weighted by Crippen LogP contribution is 2.12. The average Bonchev–Trinajstić information content (AvgIpc) is 2.20. The van der Waals surface area contributed by atoms with Crippen LogP contribution in [0.25, 0.3) is 0 Å². The summed E-state index contributed by atoms with van der Waals surface area (Å²) in [7, 11) is 0. The highest BCUT2D eigenvalue weighted by Gasteiger charge is 2.35. The van der Waals surface area contributed by atoms with Crippen molar-refractivity contribution in [2.24, 2.45) is 11.8 Å². The lowest BCUT2D eigenvalue weighted by Crippen LogP contribution is -2.63. The summed E-state index contributed by atoms with van der Waals surface area (Å²) in [6.45, 7) is 6.45. The van der Waals surface area contributed by atoms with E-state index in [-0.39, 0.29) is 5.92 Å². The Morgan fingerprint density at radius 1 is 1.33 bits per heavy atom. The second kappa shape index (κ2) is 4.64. The number of rotatable bonds is 3. The van der Waals surface area contributed by atoms with Crippen LogP contribution < -0.4 is 10.6 Å². The Hall–Kier alpha value is -1.06. The molecule has 1 heterocycles. The minimum absolute atomic E-state index is 0.0910. The summed E-state index contributed by atoms with van der Waals surface area (Å²) in [5, 5.41) is 4.76. The summed E-state index contributed by atoms with van der Waals surface area (Å²) < 4.78 is 23.6. The Balaban J connectivity index is 3.00. The van der Waals surface area contributed by atoms with Crippen molar-refractivity contribution < 1.29 is 13.7 Å². The first-order valence-corrected chi connectivity index (χ1v) is 5.05. The second-order valence-corrected chi connectivity index (χ2v) is 4.32. The molecule has 0 bridgehead atoms. The Morgan fingerprint density at radius 3 is 2.40 bits per heavy atom. The van der Waals surface area contributed by atoms with Gasteiger partial charge in [-0.2, -0.15) is 0 Å². The number of amides is 2. The summed E-state index contributed by atoms with van der Waals surface area (Å²) in [6, 6.07) is -2.79. The zero-order valence-electron chi connectivity index (χ0n) is 12.5. The number of carbonyl (C=O) groups is 2. The standard InChI is InChI=1S/C11H20N2O2/c1-6(2)5-8-10(14)13-9(7(3)4)11(15)12-8/h6-9H,5H2,1-4H3,(H,12,15)(H,13,14)/t8-,9-/m0/s1/i5D,6D,8D/t5-,8+,9+/m1. The molecule has 4 nitrogen and oxygen atoms in total. The maximum atomic E-state index is 11.9. The van der Waals surface area contributed by atoms with Gasteiger partial charge in [-0.25, -0.2) is 0 Å². The SMILES string of the molecule is [2H][C@H](C([2H])(C)C)[C@]1([2H])NC(=O)[C@H](C(C)C)NC1=O. The molecule has 1 aliphatic rings. The van der Waals surface area contributed by atoms with Gasteiger partial charge in [-0.15, -0.1) is 0 Å². The van der Waals surface area contributed by atoms with Crippen LogP contribution in [-0.2, 0) is 9.59 Å². The molecule has 86 valence electrons. The topological polar surface area (TPSA) is 58.2 Å². The van der Waals surface area contributed by atoms with Gasteiger partial charge in [-0.3, -0.25) is 9.59 Å². The van der Waals surface area contributed by atoms with E-state index in [1.165, 1.54) is 13.8 Å². The molecule has 1 fully saturated rings. The monoisotopic (exact) mass is 215 g/mol. The molecule has 0 radical (unpaired) electrons. The minimum Gasteiger partial charge on any atom is -0.343 e. The summed E-state index contributed by atoms with van der Waals surface area (Å²) in [4.78, 5) is 23.8. The highest BCUT2D eigenvalue weighted by atomic mass is 16.2. The zero-order chi connectivity index (χ0) is 14.3. The Labute approximate surface area is 95.0 Å². The molecular formula is C11H20N2O2. The van der Waals surface area contributed by atoms with Gasteiger partial charge in [-0.05, 0) is 18.2 Å². The highest BCUT2D eigenvalue weighted by molar-refractivity contribution is 5.97. The Morgan fingerprint density at radius 2 is 1.93 bits per heavy atom. The third-order valence-electron chi connectivity index (χ3n) is 2.17. The molecule has 0 unspecified atom stereocenters. The van der Waals surface area contributed by atoms with Crippen LogP contribution in [0.1, 0.15) is 38.2 Å². The maximum Gasteiger partial charge on any atom is 0.243 e. The van der Waals surface area contributed by atoms with Crippen molar-refractivity contribution in [1.29, 1.82) is 0 Å². The van der Waals surface area contributed by atoms with Crippen molar-refractivity contribution >= 4 is 11.8 Å². The number of hydrogen-bond acceptors (Lipinski definition) is 2. The van der Waals surface area contributed by atoms with Crippen molar-refractivity contribution in [3.05, 3.63) is 0 Å². The number of hydrogen-bond donors (Lipinski definition) is 2. The van der Waals surface area contributed by atoms with Crippen molar-refractivity contribution in [1.82, 2.24) is 10.6 Å². The molecule has 15 heavy (non-hydrogen) atoms. The number of piperazine rings is 1. The third-order valence-corrected chi connectivity index (χ3v) is 2.17. The van der Waals surface area contributed by atoms with E-state index in [0.29, 0.717) is 0 Å². The van der Waals surface area contributed by atoms with Crippen LogP contribution in [0, 0.1) is 11.8 Å². The van der Waals surface area contributed by atoms with Gasteiger partial charge in [0, 0.05) is 2.74 Å². The molecule has 3 atom stereocenters.